The van der Waals surface area contributed by atoms with Crippen LogP contribution >= 0.6 is 0 Å². The maximum absolute atomic E-state index is 12.2. The number of rotatable bonds is 6. The highest BCUT2D eigenvalue weighted by Crippen LogP contribution is 2.29. The highest BCUT2D eigenvalue weighted by Gasteiger charge is 2.29. The first-order valence-electron chi connectivity index (χ1n) is 8.29. The molecule has 1 aliphatic rings. The number of aromatic amines is 1. The summed E-state index contributed by atoms with van der Waals surface area (Å²) in [6.45, 7) is 3.35. The van der Waals surface area contributed by atoms with Crippen LogP contribution in [0.5, 0.6) is 0 Å². The fourth-order valence-electron chi connectivity index (χ4n) is 2.70. The number of imidazole rings is 1. The number of H-pyrrole nitrogens is 1. The van der Waals surface area contributed by atoms with Crippen molar-refractivity contribution in [2.45, 2.75) is 39.0 Å². The van der Waals surface area contributed by atoms with E-state index in [0.29, 0.717) is 12.8 Å². The molecule has 1 amide bonds. The number of anilines is 1. The topological polar surface area (TPSA) is 168 Å². The van der Waals surface area contributed by atoms with Gasteiger partial charge in [-0.05, 0) is 12.8 Å². The number of carbonyl (C=O) groups excluding carboxylic acids is 1. The predicted molar refractivity (Wildman–Crippen MR) is 94.3 cm³/mol. The van der Waals surface area contributed by atoms with Gasteiger partial charge in [0.1, 0.15) is 6.23 Å². The number of ether oxygens (including phenoxy) is 1. The zero-order chi connectivity index (χ0) is 19.8. The standard InChI is InChI=1S/C14H20N6O6S/c1-7(2)12(21)18-14-17-11-10(13(22)19-14)15-6-20(11)9-4-3-8(26-9)5-16-27(23,24)25/h6-9,16H,3-5H2,1-2H3,(H,23,24,25)(H2,17,18,19,21,22)/t8-,9+/m0/s1. The summed E-state index contributed by atoms with van der Waals surface area (Å²) >= 11 is 0. The molecule has 13 heteroatoms. The lowest BCUT2D eigenvalue weighted by Gasteiger charge is -2.15. The van der Waals surface area contributed by atoms with E-state index in [2.05, 4.69) is 20.3 Å². The molecule has 2 aromatic heterocycles. The molecule has 1 aliphatic heterocycles. The lowest BCUT2D eigenvalue weighted by Crippen LogP contribution is -2.31. The van der Waals surface area contributed by atoms with Crippen molar-refractivity contribution < 1.29 is 22.5 Å². The van der Waals surface area contributed by atoms with Gasteiger partial charge in [0.25, 0.3) is 5.56 Å². The molecule has 3 rings (SSSR count). The molecule has 1 fully saturated rings. The monoisotopic (exact) mass is 400 g/mol. The second-order valence-electron chi connectivity index (χ2n) is 6.50. The Kier molecular flexibility index (Phi) is 5.28. The van der Waals surface area contributed by atoms with Crippen molar-refractivity contribution in [1.82, 2.24) is 24.2 Å². The molecule has 2 atom stereocenters. The van der Waals surface area contributed by atoms with Crippen LogP contribution in [0, 0.1) is 5.92 Å². The molecule has 0 radical (unpaired) electrons. The van der Waals surface area contributed by atoms with Gasteiger partial charge in [0, 0.05) is 12.5 Å². The molecule has 27 heavy (non-hydrogen) atoms. The Labute approximate surface area is 154 Å². The van der Waals surface area contributed by atoms with Gasteiger partial charge in [-0.2, -0.15) is 18.1 Å². The van der Waals surface area contributed by atoms with Crippen LogP contribution in [0.1, 0.15) is 32.9 Å². The van der Waals surface area contributed by atoms with Crippen LogP contribution in [0.15, 0.2) is 11.1 Å². The molecule has 0 aromatic carbocycles. The fraction of sp³-hybridized carbons (Fsp3) is 0.571. The van der Waals surface area contributed by atoms with Crippen LogP contribution in [0.2, 0.25) is 0 Å². The van der Waals surface area contributed by atoms with Crippen molar-refractivity contribution in [2.24, 2.45) is 5.92 Å². The van der Waals surface area contributed by atoms with Crippen molar-refractivity contribution in [3.63, 3.8) is 0 Å². The van der Waals surface area contributed by atoms with Gasteiger partial charge in [-0.3, -0.25) is 29.0 Å². The molecule has 0 spiro atoms. The summed E-state index contributed by atoms with van der Waals surface area (Å²) in [5.41, 5.74) is -0.160. The number of hydrogen-bond acceptors (Lipinski definition) is 7. The minimum absolute atomic E-state index is 0.00976. The van der Waals surface area contributed by atoms with Gasteiger partial charge in [0.15, 0.2) is 11.2 Å². The molecule has 1 saturated heterocycles. The number of fused-ring (bicyclic) bond motifs is 1. The summed E-state index contributed by atoms with van der Waals surface area (Å²) in [7, 11) is -4.29. The molecule has 2 aromatic rings. The van der Waals surface area contributed by atoms with Gasteiger partial charge in [-0.1, -0.05) is 13.8 Å². The van der Waals surface area contributed by atoms with Crippen molar-refractivity contribution >= 4 is 33.3 Å². The predicted octanol–water partition coefficient (Wildman–Crippen LogP) is -0.216. The molecular formula is C14H20N6O6S. The Morgan fingerprint density at radius 1 is 1.48 bits per heavy atom. The SMILES string of the molecule is CC(C)C(=O)Nc1nc2c(ncn2[C@H]2CC[C@@H](CNS(=O)(=O)O)O2)c(=O)[nH]1. The summed E-state index contributed by atoms with van der Waals surface area (Å²) in [5.74, 6) is -0.572. The van der Waals surface area contributed by atoms with Gasteiger partial charge in [-0.15, -0.1) is 0 Å². The Hall–Kier alpha value is -2.35. The molecule has 0 unspecified atom stereocenters. The normalized spacial score (nSPS) is 20.4. The molecule has 0 bridgehead atoms. The first kappa shape index (κ1) is 19.4. The van der Waals surface area contributed by atoms with Crippen molar-refractivity contribution in [3.05, 3.63) is 16.7 Å². The van der Waals surface area contributed by atoms with Gasteiger partial charge < -0.3 is 4.74 Å². The first-order valence-corrected chi connectivity index (χ1v) is 9.73. The van der Waals surface area contributed by atoms with Crippen LogP contribution in [-0.2, 0) is 19.8 Å². The van der Waals surface area contributed by atoms with E-state index in [-0.39, 0.29) is 35.5 Å². The summed E-state index contributed by atoms with van der Waals surface area (Å²) < 4.78 is 39.6. The average Bonchev–Trinajstić information content (AvgIpc) is 3.18. The van der Waals surface area contributed by atoms with E-state index in [9.17, 15) is 18.0 Å². The van der Waals surface area contributed by atoms with Crippen LogP contribution in [0.3, 0.4) is 0 Å². The maximum Gasteiger partial charge on any atom is 0.333 e. The zero-order valence-corrected chi connectivity index (χ0v) is 15.5. The number of carbonyl (C=O) groups is 1. The number of aromatic nitrogens is 4. The van der Waals surface area contributed by atoms with Gasteiger partial charge >= 0.3 is 10.3 Å². The summed E-state index contributed by atoms with van der Waals surface area (Å²) in [6, 6.07) is 0. The number of hydrogen-bond donors (Lipinski definition) is 4. The van der Waals surface area contributed by atoms with Crippen LogP contribution in [0.4, 0.5) is 5.95 Å². The Morgan fingerprint density at radius 2 is 2.22 bits per heavy atom. The van der Waals surface area contributed by atoms with E-state index < -0.39 is 28.2 Å². The number of nitrogens with zero attached hydrogens (tertiary/aromatic N) is 3. The minimum atomic E-state index is -4.29. The lowest BCUT2D eigenvalue weighted by molar-refractivity contribution is -0.118. The Bertz CT molecular complexity index is 1010. The lowest BCUT2D eigenvalue weighted by atomic mass is 10.2. The molecule has 0 aliphatic carbocycles. The van der Waals surface area contributed by atoms with E-state index >= 15 is 0 Å². The van der Waals surface area contributed by atoms with Crippen molar-refractivity contribution in [1.29, 1.82) is 0 Å². The summed E-state index contributed by atoms with van der Waals surface area (Å²) in [4.78, 5) is 34.8. The molecule has 0 saturated carbocycles. The Morgan fingerprint density at radius 3 is 2.89 bits per heavy atom. The first-order chi connectivity index (χ1) is 12.6. The minimum Gasteiger partial charge on any atom is -0.353 e. The molecular weight excluding hydrogens is 380 g/mol. The van der Waals surface area contributed by atoms with Crippen LogP contribution in [-0.4, -0.2) is 51.0 Å². The average molecular weight is 400 g/mol. The van der Waals surface area contributed by atoms with Crippen LogP contribution < -0.4 is 15.6 Å². The largest absolute Gasteiger partial charge is 0.353 e. The van der Waals surface area contributed by atoms with E-state index in [1.165, 1.54) is 6.33 Å². The number of amides is 1. The number of nitrogens with one attached hydrogen (secondary N) is 3. The highest BCUT2D eigenvalue weighted by molar-refractivity contribution is 7.83. The third-order valence-electron chi connectivity index (χ3n) is 4.09. The maximum atomic E-state index is 12.2. The van der Waals surface area contributed by atoms with Gasteiger partial charge in [-0.25, -0.2) is 4.98 Å². The van der Waals surface area contributed by atoms with Gasteiger partial charge in [0.2, 0.25) is 11.9 Å². The van der Waals surface area contributed by atoms with E-state index in [1.54, 1.807) is 18.4 Å². The van der Waals surface area contributed by atoms with Crippen molar-refractivity contribution in [2.75, 3.05) is 11.9 Å². The zero-order valence-electron chi connectivity index (χ0n) is 14.7. The second kappa shape index (κ2) is 7.34. The van der Waals surface area contributed by atoms with Gasteiger partial charge in [0.05, 0.1) is 12.4 Å². The van der Waals surface area contributed by atoms with E-state index in [1.807, 2.05) is 4.72 Å². The summed E-state index contributed by atoms with van der Waals surface area (Å²) in [6.07, 6.45) is 1.52. The van der Waals surface area contributed by atoms with E-state index in [4.69, 9.17) is 9.29 Å². The van der Waals surface area contributed by atoms with E-state index in [0.717, 1.165) is 0 Å². The quantitative estimate of drug-likeness (QED) is 0.483. The third-order valence-corrected chi connectivity index (χ3v) is 4.62. The summed E-state index contributed by atoms with van der Waals surface area (Å²) in [5, 5.41) is 2.54. The molecule has 4 N–H and O–H groups in total. The fourth-order valence-corrected chi connectivity index (χ4v) is 3.09. The van der Waals surface area contributed by atoms with Crippen molar-refractivity contribution in [3.8, 4) is 0 Å². The molecule has 3 heterocycles. The second-order valence-corrected chi connectivity index (χ2v) is 7.73. The third kappa shape index (κ3) is 4.50. The Balaban J connectivity index is 1.82. The smallest absolute Gasteiger partial charge is 0.333 e. The molecule has 12 nitrogen and oxygen atoms in total. The molecule has 148 valence electrons. The van der Waals surface area contributed by atoms with Crippen LogP contribution in [0.25, 0.3) is 11.2 Å². The highest BCUT2D eigenvalue weighted by atomic mass is 32.2.